The van der Waals surface area contributed by atoms with Gasteiger partial charge in [0, 0.05) is 12.6 Å². The van der Waals surface area contributed by atoms with Crippen LogP contribution in [-0.2, 0) is 11.2 Å². The highest BCUT2D eigenvalue weighted by Crippen LogP contribution is 2.31. The van der Waals surface area contributed by atoms with Crippen LogP contribution in [0.4, 0.5) is 0 Å². The van der Waals surface area contributed by atoms with Gasteiger partial charge in [0.25, 0.3) is 0 Å². The second-order valence-electron chi connectivity index (χ2n) is 7.54. The number of nitrogens with zero attached hydrogens (tertiary/aromatic N) is 2. The Labute approximate surface area is 160 Å². The number of hydrogen-bond acceptors (Lipinski definition) is 3. The third-order valence-electron chi connectivity index (χ3n) is 5.84. The second-order valence-corrected chi connectivity index (χ2v) is 8.35. The van der Waals surface area contributed by atoms with Gasteiger partial charge >= 0.3 is 0 Å². The number of amides is 1. The Balaban J connectivity index is 1.65. The molecule has 2 aliphatic rings. The highest BCUT2D eigenvalue weighted by Gasteiger charge is 2.36. The quantitative estimate of drug-likeness (QED) is 0.868. The normalized spacial score (nSPS) is 26.7. The van der Waals surface area contributed by atoms with E-state index in [1.807, 2.05) is 18.2 Å². The van der Waals surface area contributed by atoms with Crippen molar-refractivity contribution in [3.05, 3.63) is 33.8 Å². The zero-order valence-corrected chi connectivity index (χ0v) is 16.3. The summed E-state index contributed by atoms with van der Waals surface area (Å²) in [5, 5.41) is 1.13. The standard InChI is InChI=1S/C19H27Cl2N3O/c1-23-7-5-15(6-8-23)24-9-4-14(16(12-24)19(22)25)10-13-2-3-17(20)18(21)11-13/h2-3,11,14-16H,4-10,12H2,1H3,(H2,22,25)/t14-,16-/m1/s1. The molecule has 3 rings (SSSR count). The molecule has 0 aliphatic carbocycles. The minimum absolute atomic E-state index is 0.0946. The highest BCUT2D eigenvalue weighted by atomic mass is 35.5. The zero-order valence-electron chi connectivity index (χ0n) is 14.8. The predicted molar refractivity (Wildman–Crippen MR) is 103 cm³/mol. The number of likely N-dealkylation sites (tertiary alicyclic amines) is 2. The number of carbonyl (C=O) groups excluding carboxylic acids is 1. The van der Waals surface area contributed by atoms with Crippen LogP contribution in [0.2, 0.25) is 10.0 Å². The second kappa shape index (κ2) is 8.26. The number of benzene rings is 1. The number of rotatable bonds is 4. The molecule has 1 aromatic carbocycles. The van der Waals surface area contributed by atoms with Gasteiger partial charge in [-0.05, 0) is 76.0 Å². The summed E-state index contributed by atoms with van der Waals surface area (Å²) in [5.41, 5.74) is 6.88. The lowest BCUT2D eigenvalue weighted by atomic mass is 9.80. The summed E-state index contributed by atoms with van der Waals surface area (Å²) in [6.45, 7) is 4.10. The lowest BCUT2D eigenvalue weighted by Crippen LogP contribution is -2.52. The molecule has 0 bridgehead atoms. The Hall–Kier alpha value is -0.810. The smallest absolute Gasteiger partial charge is 0.222 e. The molecule has 138 valence electrons. The van der Waals surface area contributed by atoms with E-state index in [-0.39, 0.29) is 17.7 Å². The first kappa shape index (κ1) is 19.0. The molecule has 25 heavy (non-hydrogen) atoms. The van der Waals surface area contributed by atoms with Crippen molar-refractivity contribution in [2.75, 3.05) is 33.2 Å². The molecule has 0 saturated carbocycles. The molecule has 2 atom stereocenters. The van der Waals surface area contributed by atoms with E-state index >= 15 is 0 Å². The molecule has 2 N–H and O–H groups in total. The van der Waals surface area contributed by atoms with Crippen LogP contribution in [0, 0.1) is 11.8 Å². The van der Waals surface area contributed by atoms with E-state index in [4.69, 9.17) is 28.9 Å². The summed E-state index contributed by atoms with van der Waals surface area (Å²) in [5.74, 6) is 0.00260. The molecule has 0 aromatic heterocycles. The Morgan fingerprint density at radius 2 is 1.88 bits per heavy atom. The van der Waals surface area contributed by atoms with E-state index in [0.717, 1.165) is 44.6 Å². The topological polar surface area (TPSA) is 49.6 Å². The van der Waals surface area contributed by atoms with Gasteiger partial charge in [-0.2, -0.15) is 0 Å². The molecule has 2 fully saturated rings. The Bertz CT molecular complexity index is 617. The fourth-order valence-corrected chi connectivity index (χ4v) is 4.57. The van der Waals surface area contributed by atoms with E-state index in [1.165, 1.54) is 12.8 Å². The molecule has 2 saturated heterocycles. The molecule has 4 nitrogen and oxygen atoms in total. The number of primary amides is 1. The zero-order chi connectivity index (χ0) is 18.0. The van der Waals surface area contributed by atoms with Crippen molar-refractivity contribution in [2.24, 2.45) is 17.6 Å². The van der Waals surface area contributed by atoms with Gasteiger partial charge in [0.1, 0.15) is 0 Å². The Morgan fingerprint density at radius 1 is 1.16 bits per heavy atom. The lowest BCUT2D eigenvalue weighted by Gasteiger charge is -2.43. The van der Waals surface area contributed by atoms with E-state index in [2.05, 4.69) is 16.8 Å². The van der Waals surface area contributed by atoms with Crippen LogP contribution in [0.1, 0.15) is 24.8 Å². The minimum Gasteiger partial charge on any atom is -0.369 e. The molecule has 2 aliphatic heterocycles. The van der Waals surface area contributed by atoms with Crippen molar-refractivity contribution in [1.29, 1.82) is 0 Å². The van der Waals surface area contributed by atoms with Crippen LogP contribution in [0.3, 0.4) is 0 Å². The number of carbonyl (C=O) groups is 1. The SMILES string of the molecule is CN1CCC(N2CC[C@H](Cc3ccc(Cl)c(Cl)c3)[C@H](C(N)=O)C2)CC1. The molecule has 0 spiro atoms. The fourth-order valence-electron chi connectivity index (χ4n) is 4.25. The average molecular weight is 384 g/mol. The molecule has 1 aromatic rings. The van der Waals surface area contributed by atoms with Gasteiger partial charge in [-0.1, -0.05) is 29.3 Å². The van der Waals surface area contributed by atoms with Crippen molar-refractivity contribution in [1.82, 2.24) is 9.80 Å². The van der Waals surface area contributed by atoms with Crippen LogP contribution in [0.15, 0.2) is 18.2 Å². The van der Waals surface area contributed by atoms with Gasteiger partial charge < -0.3 is 10.6 Å². The van der Waals surface area contributed by atoms with E-state index in [0.29, 0.717) is 16.1 Å². The first-order chi connectivity index (χ1) is 11.9. The van der Waals surface area contributed by atoms with Crippen LogP contribution in [-0.4, -0.2) is 55.0 Å². The molecule has 1 amide bonds. The van der Waals surface area contributed by atoms with Crippen molar-refractivity contribution in [3.8, 4) is 0 Å². The van der Waals surface area contributed by atoms with Crippen molar-refractivity contribution in [3.63, 3.8) is 0 Å². The molecular weight excluding hydrogens is 357 g/mol. The van der Waals surface area contributed by atoms with E-state index in [1.54, 1.807) is 0 Å². The van der Waals surface area contributed by atoms with E-state index < -0.39 is 0 Å². The van der Waals surface area contributed by atoms with Crippen LogP contribution in [0.5, 0.6) is 0 Å². The van der Waals surface area contributed by atoms with Gasteiger partial charge in [-0.3, -0.25) is 9.69 Å². The van der Waals surface area contributed by atoms with Crippen LogP contribution in [0.25, 0.3) is 0 Å². The summed E-state index contributed by atoms with van der Waals surface area (Å²) in [7, 11) is 2.17. The number of nitrogens with two attached hydrogens (primary N) is 1. The van der Waals surface area contributed by atoms with E-state index in [9.17, 15) is 4.79 Å². The highest BCUT2D eigenvalue weighted by molar-refractivity contribution is 6.42. The maximum Gasteiger partial charge on any atom is 0.222 e. The molecule has 2 heterocycles. The molecular formula is C19H27Cl2N3O. The summed E-state index contributed by atoms with van der Waals surface area (Å²) in [6, 6.07) is 6.32. The summed E-state index contributed by atoms with van der Waals surface area (Å²) >= 11 is 12.1. The Kier molecular flexibility index (Phi) is 6.26. The third-order valence-corrected chi connectivity index (χ3v) is 6.58. The number of piperidine rings is 2. The van der Waals surface area contributed by atoms with Crippen LogP contribution >= 0.6 is 23.2 Å². The number of halogens is 2. The van der Waals surface area contributed by atoms with Gasteiger partial charge in [-0.25, -0.2) is 0 Å². The summed E-state index contributed by atoms with van der Waals surface area (Å²) in [4.78, 5) is 17.0. The molecule has 6 heteroatoms. The Morgan fingerprint density at radius 3 is 2.52 bits per heavy atom. The largest absolute Gasteiger partial charge is 0.369 e. The van der Waals surface area contributed by atoms with Gasteiger partial charge in [0.2, 0.25) is 5.91 Å². The van der Waals surface area contributed by atoms with Gasteiger partial charge in [0.05, 0.1) is 16.0 Å². The first-order valence-corrected chi connectivity index (χ1v) is 9.85. The van der Waals surface area contributed by atoms with Crippen molar-refractivity contribution in [2.45, 2.75) is 31.7 Å². The molecule has 0 radical (unpaired) electrons. The predicted octanol–water partition coefficient (Wildman–Crippen LogP) is 3.05. The fraction of sp³-hybridized carbons (Fsp3) is 0.632. The van der Waals surface area contributed by atoms with Crippen molar-refractivity contribution < 1.29 is 4.79 Å². The first-order valence-electron chi connectivity index (χ1n) is 9.10. The summed E-state index contributed by atoms with van der Waals surface area (Å²) in [6.07, 6.45) is 4.19. The maximum atomic E-state index is 12.1. The van der Waals surface area contributed by atoms with Gasteiger partial charge in [-0.15, -0.1) is 0 Å². The summed E-state index contributed by atoms with van der Waals surface area (Å²) < 4.78 is 0. The lowest BCUT2D eigenvalue weighted by molar-refractivity contribution is -0.126. The monoisotopic (exact) mass is 383 g/mol. The van der Waals surface area contributed by atoms with Crippen LogP contribution < -0.4 is 5.73 Å². The van der Waals surface area contributed by atoms with Gasteiger partial charge in [0.15, 0.2) is 0 Å². The third kappa shape index (κ3) is 4.68. The number of hydrogen-bond donors (Lipinski definition) is 1. The van der Waals surface area contributed by atoms with Crippen molar-refractivity contribution >= 4 is 29.1 Å². The average Bonchev–Trinajstić information content (AvgIpc) is 2.59. The molecule has 0 unspecified atom stereocenters. The maximum absolute atomic E-state index is 12.1. The minimum atomic E-state index is -0.178.